The Morgan fingerprint density at radius 3 is 2.39 bits per heavy atom. The zero-order chi connectivity index (χ0) is 14.0. The van der Waals surface area contributed by atoms with Crippen LogP contribution in [0, 0.1) is 0 Å². The normalized spacial score (nSPS) is 24.3. The molecular weight excluding hydrogens is 263 g/mol. The van der Waals surface area contributed by atoms with Crippen molar-refractivity contribution in [2.24, 2.45) is 0 Å². The van der Waals surface area contributed by atoms with Gasteiger partial charge in [-0.3, -0.25) is 0 Å². The van der Waals surface area contributed by atoms with Gasteiger partial charge in [-0.15, -0.1) is 0 Å². The van der Waals surface area contributed by atoms with Crippen LogP contribution in [-0.2, 0) is 14.3 Å². The molecule has 1 aliphatic heterocycles. The van der Waals surface area contributed by atoms with Gasteiger partial charge in [-0.2, -0.15) is 22.0 Å². The molecule has 104 valence electrons. The number of rotatable bonds is 5. The Balaban J connectivity index is 2.28. The molecule has 1 fully saturated rings. The summed E-state index contributed by atoms with van der Waals surface area (Å²) in [5.74, 6) is -5.53. The Morgan fingerprint density at radius 1 is 1.39 bits per heavy atom. The molecule has 1 heterocycles. The highest BCUT2D eigenvalue weighted by Crippen LogP contribution is 2.45. The van der Waals surface area contributed by atoms with E-state index in [0.717, 1.165) is 6.08 Å². The zero-order valence-corrected chi connectivity index (χ0v) is 9.18. The fraction of sp³-hybridized carbons (Fsp3) is 0.700. The molecule has 1 saturated heterocycles. The number of halogens is 5. The Labute approximate surface area is 99.5 Å². The molecule has 8 heteroatoms. The molecule has 0 aromatic heterocycles. The van der Waals surface area contributed by atoms with Gasteiger partial charge < -0.3 is 9.47 Å². The SMILES string of the molecule is C=CC(=O)OCCC1CC(C(F)(F)C(F)(F)F)O1. The highest BCUT2D eigenvalue weighted by atomic mass is 19.4. The van der Waals surface area contributed by atoms with E-state index >= 15 is 0 Å². The number of ether oxygens (including phenoxy) is 2. The number of alkyl halides is 5. The van der Waals surface area contributed by atoms with Gasteiger partial charge in [-0.1, -0.05) is 6.58 Å². The minimum atomic E-state index is -5.61. The van der Waals surface area contributed by atoms with Crippen molar-refractivity contribution in [3.63, 3.8) is 0 Å². The molecule has 0 spiro atoms. The zero-order valence-electron chi connectivity index (χ0n) is 9.18. The fourth-order valence-electron chi connectivity index (χ4n) is 1.41. The van der Waals surface area contributed by atoms with Crippen LogP contribution in [0.3, 0.4) is 0 Å². The lowest BCUT2D eigenvalue weighted by Gasteiger charge is -2.40. The predicted octanol–water partition coefficient (Wildman–Crippen LogP) is 2.46. The summed E-state index contributed by atoms with van der Waals surface area (Å²) in [4.78, 5) is 10.6. The second-order valence-corrected chi connectivity index (χ2v) is 3.76. The number of esters is 1. The maximum atomic E-state index is 12.7. The van der Waals surface area contributed by atoms with Gasteiger partial charge in [0.1, 0.15) is 6.10 Å². The van der Waals surface area contributed by atoms with Gasteiger partial charge in [0.05, 0.1) is 12.7 Å². The van der Waals surface area contributed by atoms with Crippen molar-refractivity contribution in [3.8, 4) is 0 Å². The molecule has 2 atom stereocenters. The summed E-state index contributed by atoms with van der Waals surface area (Å²) < 4.78 is 70.2. The molecule has 0 aliphatic carbocycles. The molecule has 1 aliphatic rings. The Hall–Kier alpha value is -1.18. The average Bonchev–Trinajstić information content (AvgIpc) is 2.18. The van der Waals surface area contributed by atoms with Gasteiger partial charge in [-0.25, -0.2) is 4.79 Å². The lowest BCUT2D eigenvalue weighted by atomic mass is 9.97. The first kappa shape index (κ1) is 14.9. The van der Waals surface area contributed by atoms with Crippen LogP contribution in [0.5, 0.6) is 0 Å². The molecule has 0 bridgehead atoms. The second-order valence-electron chi connectivity index (χ2n) is 3.76. The maximum absolute atomic E-state index is 12.7. The third kappa shape index (κ3) is 3.18. The minimum absolute atomic E-state index is 0.0734. The van der Waals surface area contributed by atoms with Gasteiger partial charge in [0, 0.05) is 18.9 Å². The second kappa shape index (κ2) is 5.21. The number of carbonyl (C=O) groups is 1. The van der Waals surface area contributed by atoms with Crippen molar-refractivity contribution in [2.75, 3.05) is 6.61 Å². The Bertz CT molecular complexity index is 320. The number of hydrogen-bond donors (Lipinski definition) is 0. The monoisotopic (exact) mass is 274 g/mol. The molecule has 0 N–H and O–H groups in total. The van der Waals surface area contributed by atoms with E-state index in [0.29, 0.717) is 0 Å². The number of carbonyl (C=O) groups excluding carboxylic acids is 1. The predicted molar refractivity (Wildman–Crippen MR) is 50.1 cm³/mol. The van der Waals surface area contributed by atoms with Crippen molar-refractivity contribution in [1.82, 2.24) is 0 Å². The van der Waals surface area contributed by atoms with Crippen LogP contribution in [0.2, 0.25) is 0 Å². The first-order chi connectivity index (χ1) is 8.18. The Kier molecular flexibility index (Phi) is 4.31. The van der Waals surface area contributed by atoms with E-state index in [2.05, 4.69) is 16.1 Å². The van der Waals surface area contributed by atoms with Crippen LogP contribution >= 0.6 is 0 Å². The third-order valence-corrected chi connectivity index (χ3v) is 2.47. The molecule has 3 nitrogen and oxygen atoms in total. The molecule has 0 aromatic carbocycles. The Morgan fingerprint density at radius 2 is 1.94 bits per heavy atom. The molecule has 2 unspecified atom stereocenters. The quantitative estimate of drug-likeness (QED) is 0.439. The summed E-state index contributed by atoms with van der Waals surface area (Å²) in [5.41, 5.74) is 0. The van der Waals surface area contributed by atoms with Gasteiger partial charge in [-0.05, 0) is 0 Å². The summed E-state index contributed by atoms with van der Waals surface area (Å²) in [5, 5.41) is 0. The summed E-state index contributed by atoms with van der Waals surface area (Å²) in [6, 6.07) is 0. The van der Waals surface area contributed by atoms with Crippen molar-refractivity contribution in [1.29, 1.82) is 0 Å². The minimum Gasteiger partial charge on any atom is -0.462 e. The maximum Gasteiger partial charge on any atom is 0.456 e. The van der Waals surface area contributed by atoms with E-state index in [9.17, 15) is 26.7 Å². The smallest absolute Gasteiger partial charge is 0.456 e. The molecule has 0 amide bonds. The van der Waals surface area contributed by atoms with Crippen molar-refractivity contribution in [3.05, 3.63) is 12.7 Å². The van der Waals surface area contributed by atoms with Gasteiger partial charge >= 0.3 is 18.1 Å². The average molecular weight is 274 g/mol. The van der Waals surface area contributed by atoms with Crippen molar-refractivity contribution in [2.45, 2.75) is 37.1 Å². The highest BCUT2D eigenvalue weighted by molar-refractivity contribution is 5.81. The van der Waals surface area contributed by atoms with E-state index in [-0.39, 0.29) is 13.0 Å². The van der Waals surface area contributed by atoms with E-state index in [1.165, 1.54) is 0 Å². The van der Waals surface area contributed by atoms with E-state index in [1.807, 2.05) is 0 Å². The van der Waals surface area contributed by atoms with E-state index in [4.69, 9.17) is 0 Å². The number of hydrogen-bond acceptors (Lipinski definition) is 3. The molecule has 0 saturated carbocycles. The highest BCUT2D eigenvalue weighted by Gasteiger charge is 2.65. The van der Waals surface area contributed by atoms with Gasteiger partial charge in [0.15, 0.2) is 0 Å². The topological polar surface area (TPSA) is 35.5 Å². The van der Waals surface area contributed by atoms with Crippen LogP contribution in [0.1, 0.15) is 12.8 Å². The van der Waals surface area contributed by atoms with Crippen LogP contribution in [0.4, 0.5) is 22.0 Å². The van der Waals surface area contributed by atoms with Crippen LogP contribution in [0.15, 0.2) is 12.7 Å². The third-order valence-electron chi connectivity index (χ3n) is 2.47. The van der Waals surface area contributed by atoms with E-state index < -0.39 is 36.7 Å². The van der Waals surface area contributed by atoms with Crippen LogP contribution in [-0.4, -0.2) is 36.9 Å². The van der Waals surface area contributed by atoms with Crippen molar-refractivity contribution < 1.29 is 36.2 Å². The van der Waals surface area contributed by atoms with Gasteiger partial charge in [0.25, 0.3) is 0 Å². The molecule has 0 aromatic rings. The standard InChI is InChI=1S/C10H11F5O3/c1-2-8(16)17-4-3-6-5-7(18-6)9(11,12)10(13,14)15/h2,6-7H,1,3-5H2. The van der Waals surface area contributed by atoms with Crippen LogP contribution in [0.25, 0.3) is 0 Å². The van der Waals surface area contributed by atoms with E-state index in [1.54, 1.807) is 0 Å². The first-order valence-electron chi connectivity index (χ1n) is 5.07. The lowest BCUT2D eigenvalue weighted by Crippen LogP contribution is -2.56. The summed E-state index contributed by atoms with van der Waals surface area (Å²) in [6.07, 6.45) is -7.94. The van der Waals surface area contributed by atoms with Crippen molar-refractivity contribution >= 4 is 5.97 Å². The molecular formula is C10H11F5O3. The first-order valence-corrected chi connectivity index (χ1v) is 5.07. The summed E-state index contributed by atoms with van der Waals surface area (Å²) in [7, 11) is 0. The molecule has 0 radical (unpaired) electrons. The molecule has 1 rings (SSSR count). The van der Waals surface area contributed by atoms with Crippen LogP contribution < -0.4 is 0 Å². The fourth-order valence-corrected chi connectivity index (χ4v) is 1.41. The van der Waals surface area contributed by atoms with Gasteiger partial charge in [0.2, 0.25) is 0 Å². The summed E-state index contributed by atoms with van der Waals surface area (Å²) in [6.45, 7) is 3.02. The summed E-state index contributed by atoms with van der Waals surface area (Å²) >= 11 is 0. The largest absolute Gasteiger partial charge is 0.462 e. The molecule has 18 heavy (non-hydrogen) atoms. The lowest BCUT2D eigenvalue weighted by molar-refractivity contribution is -0.350.